The lowest BCUT2D eigenvalue weighted by Crippen LogP contribution is -2.42. The van der Waals surface area contributed by atoms with Crippen LogP contribution < -0.4 is 9.64 Å². The predicted molar refractivity (Wildman–Crippen MR) is 225 cm³/mol. The summed E-state index contributed by atoms with van der Waals surface area (Å²) in [5, 5.41) is 12.8. The van der Waals surface area contributed by atoms with Gasteiger partial charge in [-0.1, -0.05) is 29.3 Å². The van der Waals surface area contributed by atoms with Gasteiger partial charge in [-0.05, 0) is 101 Å². The Bertz CT molecular complexity index is 2540. The fraction of sp³-hybridized carbons (Fsp3) is 0.364. The number of carbonyl (C=O) groups excluding carboxylic acids is 1. The summed E-state index contributed by atoms with van der Waals surface area (Å²) in [6.45, 7) is 14.5. The summed E-state index contributed by atoms with van der Waals surface area (Å²) in [4.78, 5) is 41.3. The molecule has 0 saturated carbocycles. The van der Waals surface area contributed by atoms with Gasteiger partial charge < -0.3 is 28.6 Å². The van der Waals surface area contributed by atoms with Gasteiger partial charge in [0.05, 0.1) is 48.2 Å². The highest BCUT2D eigenvalue weighted by Gasteiger charge is 2.37. The van der Waals surface area contributed by atoms with Gasteiger partial charge in [-0.3, -0.25) is 9.69 Å². The molecule has 296 valence electrons. The molecule has 1 fully saturated rings. The van der Waals surface area contributed by atoms with Crippen LogP contribution in [0.2, 0.25) is 10.0 Å². The normalized spacial score (nSPS) is 16.2. The number of carboxylic acids is 1. The molecule has 0 aliphatic carbocycles. The smallest absolute Gasteiger partial charge is 0.335 e. The Morgan fingerprint density at radius 3 is 2.35 bits per heavy atom. The van der Waals surface area contributed by atoms with Gasteiger partial charge in [-0.25, -0.2) is 14.8 Å². The van der Waals surface area contributed by atoms with Gasteiger partial charge in [0, 0.05) is 82.7 Å². The molecule has 1 N–H and O–H groups in total. The Morgan fingerprint density at radius 2 is 1.67 bits per heavy atom. The Morgan fingerprint density at radius 1 is 0.965 bits per heavy atom. The van der Waals surface area contributed by atoms with Crippen LogP contribution in [0, 0.1) is 27.7 Å². The van der Waals surface area contributed by atoms with Crippen molar-refractivity contribution in [3.05, 3.63) is 104 Å². The number of rotatable bonds is 10. The second-order valence-electron chi connectivity index (χ2n) is 15.3. The number of nitrogens with zero attached hydrogens (tertiary/aromatic N) is 6. The Hall–Kier alpha value is -4.94. The molecule has 1 atom stereocenters. The molecule has 57 heavy (non-hydrogen) atoms. The van der Waals surface area contributed by atoms with Crippen LogP contribution >= 0.6 is 23.2 Å². The highest BCUT2D eigenvalue weighted by atomic mass is 35.5. The summed E-state index contributed by atoms with van der Waals surface area (Å²) in [7, 11) is 1.91. The third-order valence-electron chi connectivity index (χ3n) is 11.3. The minimum atomic E-state index is -1.02. The van der Waals surface area contributed by atoms with E-state index >= 15 is 4.79 Å². The number of morpholine rings is 1. The Kier molecular flexibility index (Phi) is 10.5. The van der Waals surface area contributed by atoms with Crippen molar-refractivity contribution >= 4 is 62.6 Å². The molecule has 0 radical (unpaired) electrons. The Labute approximate surface area is 341 Å². The zero-order valence-corrected chi connectivity index (χ0v) is 34.6. The minimum absolute atomic E-state index is 0.162. The average molecular weight is 810 g/mol. The first-order chi connectivity index (χ1) is 27.3. The SMILES string of the molecule is Cc1cc(OCCCc2c3n(c4c(-c5c(C)nc(CN6CCOCC6)nc5C)c(Cl)ccc24)[C@H](C)CN(c2cn(C)c4ccc(C(=O)O)cc24)C3=O)cc(C)c1Cl. The maximum atomic E-state index is 15.2. The summed E-state index contributed by atoms with van der Waals surface area (Å²) in [5.41, 5.74) is 9.24. The summed E-state index contributed by atoms with van der Waals surface area (Å²) in [5.74, 6) is 0.322. The van der Waals surface area contributed by atoms with Crippen LogP contribution in [-0.2, 0) is 24.8 Å². The molecular weight excluding hydrogens is 763 g/mol. The van der Waals surface area contributed by atoms with Gasteiger partial charge >= 0.3 is 5.97 Å². The van der Waals surface area contributed by atoms with E-state index in [0.717, 1.165) is 85.3 Å². The lowest BCUT2D eigenvalue weighted by Gasteiger charge is -2.34. The van der Waals surface area contributed by atoms with Crippen molar-refractivity contribution in [1.29, 1.82) is 0 Å². The van der Waals surface area contributed by atoms with Crippen molar-refractivity contribution in [3.8, 4) is 16.9 Å². The summed E-state index contributed by atoms with van der Waals surface area (Å²) < 4.78 is 15.9. The third kappa shape index (κ3) is 7.05. The first-order valence-electron chi connectivity index (χ1n) is 19.4. The van der Waals surface area contributed by atoms with Crippen molar-refractivity contribution in [2.24, 2.45) is 7.05 Å². The van der Waals surface area contributed by atoms with Crippen LogP contribution in [0.4, 0.5) is 5.69 Å². The second-order valence-corrected chi connectivity index (χ2v) is 16.1. The molecule has 0 spiro atoms. The molecule has 13 heteroatoms. The molecule has 5 heterocycles. The van der Waals surface area contributed by atoms with E-state index in [-0.39, 0.29) is 17.5 Å². The quantitative estimate of drug-likeness (QED) is 0.137. The molecule has 1 amide bonds. The van der Waals surface area contributed by atoms with Crippen LogP contribution in [0.3, 0.4) is 0 Å². The molecule has 8 rings (SSSR count). The van der Waals surface area contributed by atoms with Gasteiger partial charge in [0.25, 0.3) is 5.91 Å². The molecule has 3 aromatic heterocycles. The van der Waals surface area contributed by atoms with Crippen LogP contribution in [0.1, 0.15) is 74.1 Å². The van der Waals surface area contributed by atoms with E-state index in [1.54, 1.807) is 23.1 Å². The number of benzene rings is 3. The molecule has 2 aliphatic heterocycles. The number of aromatic carboxylic acids is 1. The molecule has 1 saturated heterocycles. The fourth-order valence-corrected chi connectivity index (χ4v) is 9.05. The number of aryl methyl sites for hydroxylation is 6. The number of halogens is 2. The molecule has 6 aromatic rings. The van der Waals surface area contributed by atoms with E-state index in [0.29, 0.717) is 67.5 Å². The number of fused-ring (bicyclic) bond motifs is 4. The topological polar surface area (TPSA) is 115 Å². The zero-order valence-electron chi connectivity index (χ0n) is 33.1. The maximum Gasteiger partial charge on any atom is 0.335 e. The molecule has 3 aromatic carbocycles. The van der Waals surface area contributed by atoms with Crippen molar-refractivity contribution < 1.29 is 24.2 Å². The van der Waals surface area contributed by atoms with E-state index in [9.17, 15) is 9.90 Å². The van der Waals surface area contributed by atoms with Crippen LogP contribution in [0.25, 0.3) is 32.9 Å². The first-order valence-corrected chi connectivity index (χ1v) is 20.1. The molecule has 0 bridgehead atoms. The van der Waals surface area contributed by atoms with E-state index in [4.69, 9.17) is 42.6 Å². The summed E-state index contributed by atoms with van der Waals surface area (Å²) in [6, 6.07) is 12.7. The zero-order chi connectivity index (χ0) is 40.3. The average Bonchev–Trinajstić information content (AvgIpc) is 3.69. The molecule has 11 nitrogen and oxygen atoms in total. The first kappa shape index (κ1) is 38.9. The largest absolute Gasteiger partial charge is 0.494 e. The van der Waals surface area contributed by atoms with Gasteiger partial charge in [-0.15, -0.1) is 0 Å². The Balaban J connectivity index is 1.25. The van der Waals surface area contributed by atoms with Crippen molar-refractivity contribution in [3.63, 3.8) is 0 Å². The summed E-state index contributed by atoms with van der Waals surface area (Å²) >= 11 is 13.6. The molecule has 0 unspecified atom stereocenters. The second kappa shape index (κ2) is 15.4. The number of carbonyl (C=O) groups is 2. The lowest BCUT2D eigenvalue weighted by atomic mass is 9.97. The lowest BCUT2D eigenvalue weighted by molar-refractivity contribution is 0.0330. The van der Waals surface area contributed by atoms with Gasteiger partial charge in [0.15, 0.2) is 0 Å². The summed E-state index contributed by atoms with van der Waals surface area (Å²) in [6.07, 6.45) is 3.11. The van der Waals surface area contributed by atoms with Crippen molar-refractivity contribution in [2.75, 3.05) is 44.4 Å². The van der Waals surface area contributed by atoms with E-state index in [2.05, 4.69) is 16.4 Å². The maximum absolute atomic E-state index is 15.2. The number of anilines is 1. The number of ether oxygens (including phenoxy) is 2. The fourth-order valence-electron chi connectivity index (χ4n) is 8.70. The number of aromatic nitrogens is 4. The highest BCUT2D eigenvalue weighted by Crippen LogP contribution is 2.45. The van der Waals surface area contributed by atoms with E-state index in [1.165, 1.54) is 0 Å². The monoisotopic (exact) mass is 808 g/mol. The number of amides is 1. The number of hydrogen-bond acceptors (Lipinski definition) is 7. The molecule has 2 aliphatic rings. The van der Waals surface area contributed by atoms with Crippen LogP contribution in [0.5, 0.6) is 5.75 Å². The van der Waals surface area contributed by atoms with Crippen molar-refractivity contribution in [1.82, 2.24) is 24.0 Å². The van der Waals surface area contributed by atoms with Gasteiger partial charge in [0.1, 0.15) is 17.3 Å². The van der Waals surface area contributed by atoms with Gasteiger partial charge in [-0.2, -0.15) is 0 Å². The third-order valence-corrected chi connectivity index (χ3v) is 12.3. The van der Waals surface area contributed by atoms with Crippen LogP contribution in [0.15, 0.2) is 48.7 Å². The number of hydrogen-bond donors (Lipinski definition) is 1. The standard InChI is InChI=1S/C44H46Cl2N6O5/c1-24-18-30(19-25(2)40(24)46)57-15-7-8-31-32-10-11-34(45)39(38-27(4)47-37(48-28(38)5)23-50-13-16-56-17-14-50)41(32)52-26(3)21-51(43(53)42(31)52)36-22-49(6)35-12-9-29(44(54)55)20-33(35)36/h9-12,18-20,22,26H,7-8,13-17,21,23H2,1-6H3,(H,54,55)/t26-/m1/s1. The highest BCUT2D eigenvalue weighted by molar-refractivity contribution is 6.35. The van der Waals surface area contributed by atoms with E-state index < -0.39 is 5.97 Å². The molecular formula is C44H46Cl2N6O5. The number of carboxylic acid groups (broad SMARTS) is 1. The minimum Gasteiger partial charge on any atom is -0.494 e. The van der Waals surface area contributed by atoms with E-state index in [1.807, 2.05) is 69.8 Å². The predicted octanol–water partition coefficient (Wildman–Crippen LogP) is 8.89. The van der Waals surface area contributed by atoms with Crippen molar-refractivity contribution in [2.45, 2.75) is 60.0 Å². The van der Waals surface area contributed by atoms with Crippen LogP contribution in [-0.4, -0.2) is 80.4 Å². The van der Waals surface area contributed by atoms with Gasteiger partial charge in [0.2, 0.25) is 0 Å².